The number of rotatable bonds is 2. The van der Waals surface area contributed by atoms with Gasteiger partial charge < -0.3 is 10.5 Å². The highest BCUT2D eigenvalue weighted by molar-refractivity contribution is 6.31. The molecule has 0 aliphatic heterocycles. The lowest BCUT2D eigenvalue weighted by atomic mass is 9.93. The molecule has 15 heavy (non-hydrogen) atoms. The summed E-state index contributed by atoms with van der Waals surface area (Å²) in [6.07, 6.45) is 7.70. The molecule has 0 amide bonds. The van der Waals surface area contributed by atoms with Gasteiger partial charge in [0.25, 0.3) is 0 Å². The molecule has 2 atom stereocenters. The van der Waals surface area contributed by atoms with Gasteiger partial charge >= 0.3 is 0 Å². The molecule has 1 aliphatic carbocycles. The second-order valence-electron chi connectivity index (χ2n) is 3.97. The van der Waals surface area contributed by atoms with Gasteiger partial charge in [-0.1, -0.05) is 11.6 Å². The molecule has 2 N–H and O–H groups in total. The fraction of sp³-hybridized carbons (Fsp3) is 0.545. The monoisotopic (exact) mass is 226 g/mol. The third-order valence-electron chi connectivity index (χ3n) is 2.70. The Morgan fingerprint density at radius 3 is 3.07 bits per heavy atom. The molecule has 82 valence electrons. The summed E-state index contributed by atoms with van der Waals surface area (Å²) in [6.45, 7) is 0. The Morgan fingerprint density at radius 1 is 1.47 bits per heavy atom. The van der Waals surface area contributed by atoms with Crippen molar-refractivity contribution in [2.45, 2.75) is 37.8 Å². The number of nitrogens with zero attached hydrogens (tertiary/aromatic N) is 1. The van der Waals surface area contributed by atoms with Crippen molar-refractivity contribution in [3.8, 4) is 5.75 Å². The Morgan fingerprint density at radius 2 is 2.33 bits per heavy atom. The summed E-state index contributed by atoms with van der Waals surface area (Å²) in [7, 11) is 0. The number of aromatic nitrogens is 1. The van der Waals surface area contributed by atoms with E-state index in [2.05, 4.69) is 4.98 Å². The van der Waals surface area contributed by atoms with Crippen LogP contribution in [-0.2, 0) is 0 Å². The first-order chi connectivity index (χ1) is 7.25. The molecule has 1 heterocycles. The van der Waals surface area contributed by atoms with E-state index in [1.165, 1.54) is 0 Å². The zero-order valence-corrected chi connectivity index (χ0v) is 9.28. The summed E-state index contributed by atoms with van der Waals surface area (Å²) < 4.78 is 5.80. The number of pyridine rings is 1. The van der Waals surface area contributed by atoms with Gasteiger partial charge in [0.15, 0.2) is 0 Å². The molecule has 3 nitrogen and oxygen atoms in total. The Balaban J connectivity index is 1.99. The van der Waals surface area contributed by atoms with Gasteiger partial charge in [-0.15, -0.1) is 0 Å². The molecule has 1 aromatic rings. The molecule has 4 heteroatoms. The fourth-order valence-electron chi connectivity index (χ4n) is 1.93. The number of ether oxygens (including phenoxy) is 1. The summed E-state index contributed by atoms with van der Waals surface area (Å²) in [5.74, 6) is 0.714. The van der Waals surface area contributed by atoms with Crippen molar-refractivity contribution in [3.63, 3.8) is 0 Å². The van der Waals surface area contributed by atoms with Crippen LogP contribution in [0.5, 0.6) is 5.75 Å². The van der Waals surface area contributed by atoms with E-state index in [1.807, 2.05) is 0 Å². The number of hydrogen-bond acceptors (Lipinski definition) is 3. The molecule has 2 unspecified atom stereocenters. The van der Waals surface area contributed by atoms with Gasteiger partial charge in [-0.05, 0) is 25.7 Å². The minimum absolute atomic E-state index is 0.202. The van der Waals surface area contributed by atoms with E-state index in [0.717, 1.165) is 25.7 Å². The largest absolute Gasteiger partial charge is 0.489 e. The number of nitrogens with two attached hydrogens (primary N) is 1. The van der Waals surface area contributed by atoms with E-state index < -0.39 is 0 Å². The van der Waals surface area contributed by atoms with Crippen LogP contribution in [-0.4, -0.2) is 17.1 Å². The minimum Gasteiger partial charge on any atom is -0.489 e. The lowest BCUT2D eigenvalue weighted by molar-refractivity contribution is 0.144. The van der Waals surface area contributed by atoms with E-state index >= 15 is 0 Å². The molecule has 1 fully saturated rings. The topological polar surface area (TPSA) is 48.1 Å². The predicted molar refractivity (Wildman–Crippen MR) is 60.1 cm³/mol. The van der Waals surface area contributed by atoms with Gasteiger partial charge in [0.2, 0.25) is 0 Å². The molecule has 0 bridgehead atoms. The van der Waals surface area contributed by atoms with E-state index in [9.17, 15) is 0 Å². The average Bonchev–Trinajstić information content (AvgIpc) is 2.22. The molecule has 1 aromatic heterocycles. The van der Waals surface area contributed by atoms with Gasteiger partial charge in [0, 0.05) is 24.5 Å². The first kappa shape index (κ1) is 10.7. The van der Waals surface area contributed by atoms with Crippen LogP contribution in [0.25, 0.3) is 0 Å². The normalized spacial score (nSPS) is 26.3. The summed E-state index contributed by atoms with van der Waals surface area (Å²) in [6, 6.07) is 2.06. The van der Waals surface area contributed by atoms with Gasteiger partial charge in [0.05, 0.1) is 0 Å². The lowest BCUT2D eigenvalue weighted by Crippen LogP contribution is -2.33. The molecule has 2 rings (SSSR count). The van der Waals surface area contributed by atoms with Crippen LogP contribution in [0.2, 0.25) is 5.02 Å². The maximum absolute atomic E-state index is 5.96. The SMILES string of the molecule is NC1CCCC(Oc2ccncc2Cl)C1. The van der Waals surface area contributed by atoms with E-state index in [1.54, 1.807) is 18.5 Å². The van der Waals surface area contributed by atoms with Crippen LogP contribution in [0.4, 0.5) is 0 Å². The van der Waals surface area contributed by atoms with Gasteiger partial charge in [-0.2, -0.15) is 0 Å². The predicted octanol–water partition coefficient (Wildman–Crippen LogP) is 2.38. The van der Waals surface area contributed by atoms with Crippen LogP contribution < -0.4 is 10.5 Å². The van der Waals surface area contributed by atoms with Crippen molar-refractivity contribution < 1.29 is 4.74 Å². The Bertz CT molecular complexity index is 332. The first-order valence-electron chi connectivity index (χ1n) is 5.27. The highest BCUT2D eigenvalue weighted by atomic mass is 35.5. The molecule has 1 aliphatic rings. The quantitative estimate of drug-likeness (QED) is 0.843. The van der Waals surface area contributed by atoms with Crippen molar-refractivity contribution in [2.75, 3.05) is 0 Å². The highest BCUT2D eigenvalue weighted by Crippen LogP contribution is 2.27. The average molecular weight is 227 g/mol. The van der Waals surface area contributed by atoms with E-state index in [-0.39, 0.29) is 12.1 Å². The zero-order valence-electron chi connectivity index (χ0n) is 8.53. The number of hydrogen-bond donors (Lipinski definition) is 1. The van der Waals surface area contributed by atoms with Crippen LogP contribution in [0, 0.1) is 0 Å². The van der Waals surface area contributed by atoms with Crippen LogP contribution in [0.1, 0.15) is 25.7 Å². The van der Waals surface area contributed by atoms with Crippen molar-refractivity contribution in [1.82, 2.24) is 4.98 Å². The fourth-order valence-corrected chi connectivity index (χ4v) is 2.09. The lowest BCUT2D eigenvalue weighted by Gasteiger charge is -2.27. The third-order valence-corrected chi connectivity index (χ3v) is 2.98. The van der Waals surface area contributed by atoms with Crippen LogP contribution in [0.3, 0.4) is 0 Å². The number of halogens is 1. The summed E-state index contributed by atoms with van der Waals surface area (Å²) in [4.78, 5) is 3.92. The van der Waals surface area contributed by atoms with E-state index in [4.69, 9.17) is 22.1 Å². The Hall–Kier alpha value is -0.800. The molecule has 0 aromatic carbocycles. The third kappa shape index (κ3) is 2.83. The summed E-state index contributed by atoms with van der Waals surface area (Å²) in [5.41, 5.74) is 5.89. The molecular formula is C11H15ClN2O. The second kappa shape index (κ2) is 4.81. The maximum atomic E-state index is 5.96. The molecule has 0 radical (unpaired) electrons. The first-order valence-corrected chi connectivity index (χ1v) is 5.65. The van der Waals surface area contributed by atoms with Crippen molar-refractivity contribution in [2.24, 2.45) is 5.73 Å². The van der Waals surface area contributed by atoms with Gasteiger partial charge in [-0.3, -0.25) is 4.98 Å². The minimum atomic E-state index is 0.202. The Labute approximate surface area is 94.6 Å². The molecule has 0 saturated heterocycles. The summed E-state index contributed by atoms with van der Waals surface area (Å²) >= 11 is 5.96. The maximum Gasteiger partial charge on any atom is 0.141 e. The molecular weight excluding hydrogens is 212 g/mol. The highest BCUT2D eigenvalue weighted by Gasteiger charge is 2.21. The molecule has 0 spiro atoms. The summed E-state index contributed by atoms with van der Waals surface area (Å²) in [5, 5.41) is 0.566. The van der Waals surface area contributed by atoms with Crippen molar-refractivity contribution in [3.05, 3.63) is 23.5 Å². The standard InChI is InChI=1S/C11H15ClN2O/c12-10-7-14-5-4-11(10)15-9-3-1-2-8(13)6-9/h4-5,7-9H,1-3,6,13H2. The Kier molecular flexibility index (Phi) is 3.44. The van der Waals surface area contributed by atoms with Crippen LogP contribution in [0.15, 0.2) is 18.5 Å². The van der Waals surface area contributed by atoms with Crippen molar-refractivity contribution in [1.29, 1.82) is 0 Å². The van der Waals surface area contributed by atoms with Gasteiger partial charge in [0.1, 0.15) is 16.9 Å². The van der Waals surface area contributed by atoms with Crippen LogP contribution >= 0.6 is 11.6 Å². The zero-order chi connectivity index (χ0) is 10.7. The van der Waals surface area contributed by atoms with Gasteiger partial charge in [-0.25, -0.2) is 0 Å². The van der Waals surface area contributed by atoms with E-state index in [0.29, 0.717) is 10.8 Å². The molecule has 1 saturated carbocycles. The van der Waals surface area contributed by atoms with Crippen molar-refractivity contribution >= 4 is 11.6 Å². The smallest absolute Gasteiger partial charge is 0.141 e. The second-order valence-corrected chi connectivity index (χ2v) is 4.38.